The van der Waals surface area contributed by atoms with E-state index in [1.54, 1.807) is 6.92 Å². The van der Waals surface area contributed by atoms with Crippen molar-refractivity contribution >= 4 is 5.91 Å². The van der Waals surface area contributed by atoms with E-state index in [0.717, 1.165) is 31.5 Å². The molecule has 1 aliphatic heterocycles. The van der Waals surface area contributed by atoms with Crippen LogP contribution in [0.2, 0.25) is 0 Å². The Kier molecular flexibility index (Phi) is 4.61. The number of amides is 1. The van der Waals surface area contributed by atoms with Crippen molar-refractivity contribution in [3.63, 3.8) is 0 Å². The number of carbonyl (C=O) groups excluding carboxylic acids is 1. The highest BCUT2D eigenvalue weighted by atomic mass is 19.2. The van der Waals surface area contributed by atoms with Crippen molar-refractivity contribution in [2.45, 2.75) is 45.7 Å². The summed E-state index contributed by atoms with van der Waals surface area (Å²) in [5.41, 5.74) is 0.437. The summed E-state index contributed by atoms with van der Waals surface area (Å²) in [6.07, 6.45) is 2.03. The van der Waals surface area contributed by atoms with Gasteiger partial charge in [-0.1, -0.05) is 19.9 Å². The Bertz CT molecular complexity index is 531. The number of halogens is 2. The lowest BCUT2D eigenvalue weighted by molar-refractivity contribution is -0.127. The van der Waals surface area contributed by atoms with Crippen LogP contribution < -0.4 is 10.6 Å². The van der Waals surface area contributed by atoms with E-state index in [9.17, 15) is 13.6 Å². The summed E-state index contributed by atoms with van der Waals surface area (Å²) in [6.45, 7) is 6.71. The van der Waals surface area contributed by atoms with E-state index < -0.39 is 11.6 Å². The number of nitrogens with one attached hydrogen (secondary N) is 2. The van der Waals surface area contributed by atoms with Crippen molar-refractivity contribution in [3.8, 4) is 0 Å². The minimum atomic E-state index is -0.898. The smallest absolute Gasteiger partial charge is 0.238 e. The summed E-state index contributed by atoms with van der Waals surface area (Å²) in [7, 11) is 0. The molecule has 3 nitrogen and oxygen atoms in total. The largest absolute Gasteiger partial charge is 0.348 e. The fourth-order valence-corrected chi connectivity index (χ4v) is 2.82. The molecule has 1 aromatic rings. The molecule has 1 heterocycles. The van der Waals surface area contributed by atoms with Gasteiger partial charge in [-0.2, -0.15) is 0 Å². The molecule has 116 valence electrons. The molecule has 1 saturated heterocycles. The first-order valence-electron chi connectivity index (χ1n) is 7.30. The summed E-state index contributed by atoms with van der Waals surface area (Å²) in [5.74, 6) is -1.88. The maximum Gasteiger partial charge on any atom is 0.238 e. The summed E-state index contributed by atoms with van der Waals surface area (Å²) in [4.78, 5) is 12.4. The van der Waals surface area contributed by atoms with E-state index in [1.807, 2.05) is 0 Å². The molecular formula is C16H22F2N2O. The molecule has 0 aliphatic carbocycles. The van der Waals surface area contributed by atoms with Crippen LogP contribution in [-0.2, 0) is 4.79 Å². The zero-order valence-corrected chi connectivity index (χ0v) is 12.7. The quantitative estimate of drug-likeness (QED) is 0.900. The van der Waals surface area contributed by atoms with Crippen LogP contribution in [0.3, 0.4) is 0 Å². The third kappa shape index (κ3) is 3.59. The molecule has 0 aromatic heterocycles. The van der Waals surface area contributed by atoms with Crippen LogP contribution in [0.4, 0.5) is 8.78 Å². The Hall–Kier alpha value is -1.49. The van der Waals surface area contributed by atoms with E-state index in [1.165, 1.54) is 6.07 Å². The SMILES string of the molecule is CC(NC(=O)C1NCCCC1(C)C)c1ccc(F)c(F)c1. The van der Waals surface area contributed by atoms with Crippen molar-refractivity contribution in [1.82, 2.24) is 10.6 Å². The molecule has 0 radical (unpaired) electrons. The van der Waals surface area contributed by atoms with Crippen molar-refractivity contribution in [2.24, 2.45) is 5.41 Å². The van der Waals surface area contributed by atoms with Crippen LogP contribution in [-0.4, -0.2) is 18.5 Å². The lowest BCUT2D eigenvalue weighted by Crippen LogP contribution is -2.55. The Labute approximate surface area is 124 Å². The molecule has 1 fully saturated rings. The molecule has 5 heteroatoms. The number of carbonyl (C=O) groups is 1. The highest BCUT2D eigenvalue weighted by Crippen LogP contribution is 2.30. The Morgan fingerprint density at radius 1 is 1.38 bits per heavy atom. The van der Waals surface area contributed by atoms with Gasteiger partial charge in [-0.05, 0) is 49.4 Å². The van der Waals surface area contributed by atoms with Crippen LogP contribution in [0.1, 0.15) is 45.2 Å². The van der Waals surface area contributed by atoms with E-state index in [0.29, 0.717) is 5.56 Å². The van der Waals surface area contributed by atoms with Gasteiger partial charge in [-0.15, -0.1) is 0 Å². The summed E-state index contributed by atoms with van der Waals surface area (Å²) >= 11 is 0. The van der Waals surface area contributed by atoms with Gasteiger partial charge in [-0.3, -0.25) is 4.79 Å². The Balaban J connectivity index is 2.06. The second-order valence-electron chi connectivity index (χ2n) is 6.38. The van der Waals surface area contributed by atoms with Gasteiger partial charge in [0, 0.05) is 0 Å². The molecule has 0 spiro atoms. The van der Waals surface area contributed by atoms with Gasteiger partial charge >= 0.3 is 0 Å². The number of hydrogen-bond donors (Lipinski definition) is 2. The molecule has 21 heavy (non-hydrogen) atoms. The van der Waals surface area contributed by atoms with Crippen LogP contribution in [0.5, 0.6) is 0 Å². The maximum atomic E-state index is 13.3. The van der Waals surface area contributed by atoms with E-state index in [2.05, 4.69) is 24.5 Å². The van der Waals surface area contributed by atoms with E-state index in [4.69, 9.17) is 0 Å². The van der Waals surface area contributed by atoms with Gasteiger partial charge < -0.3 is 10.6 Å². The molecule has 0 bridgehead atoms. The van der Waals surface area contributed by atoms with E-state index >= 15 is 0 Å². The third-order valence-corrected chi connectivity index (χ3v) is 4.19. The minimum absolute atomic E-state index is 0.100. The van der Waals surface area contributed by atoms with Crippen molar-refractivity contribution < 1.29 is 13.6 Å². The minimum Gasteiger partial charge on any atom is -0.348 e. The van der Waals surface area contributed by atoms with Gasteiger partial charge in [-0.25, -0.2) is 8.78 Å². The predicted molar refractivity (Wildman–Crippen MR) is 77.7 cm³/mol. The zero-order chi connectivity index (χ0) is 15.6. The highest BCUT2D eigenvalue weighted by molar-refractivity contribution is 5.83. The van der Waals surface area contributed by atoms with Gasteiger partial charge in [0.05, 0.1) is 12.1 Å². The third-order valence-electron chi connectivity index (χ3n) is 4.19. The van der Waals surface area contributed by atoms with Crippen LogP contribution in [0, 0.1) is 17.0 Å². The van der Waals surface area contributed by atoms with Crippen LogP contribution in [0.25, 0.3) is 0 Å². The summed E-state index contributed by atoms with van der Waals surface area (Å²) < 4.78 is 26.2. The molecule has 0 saturated carbocycles. The second kappa shape index (κ2) is 6.10. The molecule has 2 N–H and O–H groups in total. The lowest BCUT2D eigenvalue weighted by Gasteiger charge is -2.38. The second-order valence-corrected chi connectivity index (χ2v) is 6.38. The van der Waals surface area contributed by atoms with Gasteiger partial charge in [0.15, 0.2) is 11.6 Å². The van der Waals surface area contributed by atoms with Crippen molar-refractivity contribution in [1.29, 1.82) is 0 Å². The standard InChI is InChI=1S/C16H22F2N2O/c1-10(11-5-6-12(17)13(18)9-11)20-15(21)14-16(2,3)7-4-8-19-14/h5-6,9-10,14,19H,4,7-8H2,1-3H3,(H,20,21). The first-order valence-corrected chi connectivity index (χ1v) is 7.30. The molecular weight excluding hydrogens is 274 g/mol. The molecule has 1 amide bonds. The van der Waals surface area contributed by atoms with Gasteiger partial charge in [0.25, 0.3) is 0 Å². The Morgan fingerprint density at radius 2 is 2.10 bits per heavy atom. The predicted octanol–water partition coefficient (Wildman–Crippen LogP) is 2.92. The average molecular weight is 296 g/mol. The molecule has 2 unspecified atom stereocenters. The summed E-state index contributed by atoms with van der Waals surface area (Å²) in [5, 5.41) is 6.12. The fraction of sp³-hybridized carbons (Fsp3) is 0.562. The monoisotopic (exact) mass is 296 g/mol. The van der Waals surface area contributed by atoms with Gasteiger partial charge in [0.1, 0.15) is 0 Å². The zero-order valence-electron chi connectivity index (χ0n) is 12.7. The molecule has 1 aromatic carbocycles. The molecule has 2 atom stereocenters. The summed E-state index contributed by atoms with van der Waals surface area (Å²) in [6, 6.07) is 3.06. The van der Waals surface area contributed by atoms with Crippen molar-refractivity contribution in [3.05, 3.63) is 35.4 Å². The number of piperidine rings is 1. The first kappa shape index (κ1) is 15.9. The molecule has 1 aliphatic rings. The highest BCUT2D eigenvalue weighted by Gasteiger charge is 2.37. The molecule has 2 rings (SSSR count). The topological polar surface area (TPSA) is 41.1 Å². The van der Waals surface area contributed by atoms with Crippen molar-refractivity contribution in [2.75, 3.05) is 6.54 Å². The average Bonchev–Trinajstić information content (AvgIpc) is 2.41. The normalized spacial score (nSPS) is 22.6. The van der Waals surface area contributed by atoms with E-state index in [-0.39, 0.29) is 23.4 Å². The first-order chi connectivity index (χ1) is 9.81. The lowest BCUT2D eigenvalue weighted by atomic mass is 9.77. The maximum absolute atomic E-state index is 13.3. The van der Waals surface area contributed by atoms with Crippen LogP contribution in [0.15, 0.2) is 18.2 Å². The number of hydrogen-bond acceptors (Lipinski definition) is 2. The number of benzene rings is 1. The van der Waals surface area contributed by atoms with Crippen LogP contribution >= 0.6 is 0 Å². The van der Waals surface area contributed by atoms with Gasteiger partial charge in [0.2, 0.25) is 5.91 Å². The Morgan fingerprint density at radius 3 is 2.71 bits per heavy atom. The fourth-order valence-electron chi connectivity index (χ4n) is 2.82. The number of rotatable bonds is 3.